The van der Waals surface area contributed by atoms with Crippen LogP contribution in [0.2, 0.25) is 5.02 Å². The molecule has 2 atom stereocenters. The van der Waals surface area contributed by atoms with Crippen molar-refractivity contribution in [1.82, 2.24) is 5.32 Å². The smallest absolute Gasteiger partial charge is 0.335 e. The fraction of sp³-hybridized carbons (Fsp3) is 0.240. The number of aliphatic hydroxyl groups excluding tert-OH is 1. The van der Waals surface area contributed by atoms with Gasteiger partial charge in [0.05, 0.1) is 11.7 Å². The van der Waals surface area contributed by atoms with E-state index in [0.717, 1.165) is 30.6 Å². The molecule has 0 aliphatic heterocycles. The number of benzene rings is 3. The second kappa shape index (κ2) is 9.52. The van der Waals surface area contributed by atoms with Crippen molar-refractivity contribution in [3.63, 3.8) is 0 Å². The molecule has 0 amide bonds. The van der Waals surface area contributed by atoms with Crippen LogP contribution in [0.4, 0.5) is 0 Å². The van der Waals surface area contributed by atoms with E-state index in [1.807, 2.05) is 24.3 Å². The number of hydrogen-bond acceptors (Lipinski definition) is 4. The van der Waals surface area contributed by atoms with Crippen molar-refractivity contribution in [2.75, 3.05) is 6.54 Å². The molecule has 0 saturated carbocycles. The van der Waals surface area contributed by atoms with Gasteiger partial charge in [0.25, 0.3) is 0 Å². The predicted octanol–water partition coefficient (Wildman–Crippen LogP) is 5.01. The first kappa shape index (κ1) is 21.4. The van der Waals surface area contributed by atoms with E-state index >= 15 is 0 Å². The van der Waals surface area contributed by atoms with Gasteiger partial charge >= 0.3 is 5.97 Å². The number of carboxylic acids is 1. The predicted molar refractivity (Wildman–Crippen MR) is 120 cm³/mol. The average Bonchev–Trinajstić information content (AvgIpc) is 2.77. The Morgan fingerprint density at radius 2 is 1.84 bits per heavy atom. The highest BCUT2D eigenvalue weighted by Crippen LogP contribution is 2.29. The fourth-order valence-corrected chi connectivity index (χ4v) is 4.08. The van der Waals surface area contributed by atoms with Crippen molar-refractivity contribution in [3.05, 3.63) is 94.0 Å². The van der Waals surface area contributed by atoms with Gasteiger partial charge in [-0.15, -0.1) is 0 Å². The molecule has 0 bridgehead atoms. The second-order valence-electron chi connectivity index (χ2n) is 7.78. The summed E-state index contributed by atoms with van der Waals surface area (Å²) in [5.74, 6) is 0.362. The molecule has 3 N–H and O–H groups in total. The van der Waals surface area contributed by atoms with Gasteiger partial charge in [0.2, 0.25) is 0 Å². The van der Waals surface area contributed by atoms with Crippen molar-refractivity contribution in [3.8, 4) is 11.5 Å². The molecule has 3 aromatic rings. The molecule has 0 spiro atoms. The molecule has 31 heavy (non-hydrogen) atoms. The molecular formula is C25H24ClNO4. The lowest BCUT2D eigenvalue weighted by molar-refractivity contribution is 0.0697. The van der Waals surface area contributed by atoms with E-state index in [2.05, 4.69) is 11.4 Å². The highest BCUT2D eigenvalue weighted by molar-refractivity contribution is 6.30. The van der Waals surface area contributed by atoms with E-state index in [0.29, 0.717) is 17.3 Å². The molecule has 0 radical (unpaired) electrons. The van der Waals surface area contributed by atoms with E-state index in [-0.39, 0.29) is 11.6 Å². The van der Waals surface area contributed by atoms with Crippen molar-refractivity contribution >= 4 is 17.6 Å². The highest BCUT2D eigenvalue weighted by atomic mass is 35.5. The number of rotatable bonds is 7. The van der Waals surface area contributed by atoms with Crippen LogP contribution in [0.3, 0.4) is 0 Å². The zero-order chi connectivity index (χ0) is 21.8. The lowest BCUT2D eigenvalue weighted by Crippen LogP contribution is -2.37. The third-order valence-corrected chi connectivity index (χ3v) is 5.81. The summed E-state index contributed by atoms with van der Waals surface area (Å²) in [6.07, 6.45) is 2.22. The van der Waals surface area contributed by atoms with Crippen LogP contribution >= 0.6 is 11.6 Å². The van der Waals surface area contributed by atoms with Gasteiger partial charge in [0, 0.05) is 17.6 Å². The molecule has 5 nitrogen and oxygen atoms in total. The number of fused-ring (bicyclic) bond motifs is 1. The van der Waals surface area contributed by atoms with Crippen molar-refractivity contribution in [2.45, 2.75) is 31.4 Å². The van der Waals surface area contributed by atoms with Crippen LogP contribution in [0.25, 0.3) is 0 Å². The van der Waals surface area contributed by atoms with E-state index in [1.165, 1.54) is 23.3 Å². The fourth-order valence-electron chi connectivity index (χ4n) is 3.88. The number of hydrogen-bond donors (Lipinski definition) is 3. The number of aliphatic hydroxyl groups is 1. The first-order chi connectivity index (χ1) is 15.0. The van der Waals surface area contributed by atoms with Gasteiger partial charge in [-0.25, -0.2) is 4.79 Å². The molecule has 160 valence electrons. The molecule has 1 aliphatic carbocycles. The molecular weight excluding hydrogens is 414 g/mol. The number of aromatic carboxylic acids is 1. The first-order valence-electron chi connectivity index (χ1n) is 10.3. The minimum absolute atomic E-state index is 0.228. The molecule has 0 fully saturated rings. The molecule has 0 aromatic heterocycles. The van der Waals surface area contributed by atoms with Gasteiger partial charge < -0.3 is 20.3 Å². The highest BCUT2D eigenvalue weighted by Gasteiger charge is 2.20. The van der Waals surface area contributed by atoms with Crippen molar-refractivity contribution in [2.24, 2.45) is 0 Å². The Morgan fingerprint density at radius 3 is 2.58 bits per heavy atom. The maximum atomic E-state index is 11.0. The molecule has 0 heterocycles. The average molecular weight is 438 g/mol. The Morgan fingerprint density at radius 1 is 1.06 bits per heavy atom. The number of halogens is 1. The van der Waals surface area contributed by atoms with Crippen molar-refractivity contribution in [1.29, 1.82) is 0 Å². The van der Waals surface area contributed by atoms with E-state index in [1.54, 1.807) is 24.3 Å². The first-order valence-corrected chi connectivity index (χ1v) is 10.7. The lowest BCUT2D eigenvalue weighted by atomic mass is 9.88. The number of aryl methyl sites for hydroxylation is 1. The summed E-state index contributed by atoms with van der Waals surface area (Å²) in [6, 6.07) is 20.0. The number of carbonyl (C=O) groups is 1. The molecule has 1 aliphatic rings. The monoisotopic (exact) mass is 437 g/mol. The summed E-state index contributed by atoms with van der Waals surface area (Å²) in [7, 11) is 0. The molecule has 0 unspecified atom stereocenters. The summed E-state index contributed by atoms with van der Waals surface area (Å²) < 4.78 is 5.92. The van der Waals surface area contributed by atoms with Crippen LogP contribution in [0.15, 0.2) is 66.7 Å². The Hall–Kier alpha value is -2.86. The topological polar surface area (TPSA) is 78.8 Å². The van der Waals surface area contributed by atoms with Gasteiger partial charge in [0.1, 0.15) is 11.5 Å². The van der Waals surface area contributed by atoms with E-state index < -0.39 is 12.1 Å². The minimum Gasteiger partial charge on any atom is -0.478 e. The van der Waals surface area contributed by atoms with Crippen molar-refractivity contribution < 1.29 is 19.7 Å². The number of ether oxygens (including phenoxy) is 1. The Bertz CT molecular complexity index is 1070. The van der Waals surface area contributed by atoms with Crippen LogP contribution in [0.1, 0.15) is 39.6 Å². The van der Waals surface area contributed by atoms with Crippen LogP contribution in [-0.2, 0) is 12.8 Å². The van der Waals surface area contributed by atoms with Gasteiger partial charge in [-0.05, 0) is 84.5 Å². The quantitative estimate of drug-likeness (QED) is 0.484. The molecule has 4 rings (SSSR count). The summed E-state index contributed by atoms with van der Waals surface area (Å²) in [5, 5.41) is 23.6. The number of nitrogens with one attached hydrogen (secondary N) is 1. The molecule has 6 heteroatoms. The maximum Gasteiger partial charge on any atom is 0.335 e. The van der Waals surface area contributed by atoms with Crippen LogP contribution in [0.5, 0.6) is 11.5 Å². The lowest BCUT2D eigenvalue weighted by Gasteiger charge is -2.27. The number of carboxylic acid groups (broad SMARTS) is 1. The summed E-state index contributed by atoms with van der Waals surface area (Å²) in [6.45, 7) is 0.465. The second-order valence-corrected chi connectivity index (χ2v) is 8.22. The van der Waals surface area contributed by atoms with Crippen LogP contribution in [-0.4, -0.2) is 28.8 Å². The molecule has 3 aromatic carbocycles. The zero-order valence-corrected chi connectivity index (χ0v) is 17.7. The summed E-state index contributed by atoms with van der Waals surface area (Å²) >= 11 is 6.02. The normalized spacial score (nSPS) is 16.4. The SMILES string of the molecule is O=C(O)c1ccc(Oc2ccc3c(c2)C[C@@H](NC[C@H](O)c2cccc(Cl)c2)CC3)cc1. The van der Waals surface area contributed by atoms with Crippen LogP contribution in [0, 0.1) is 0 Å². The Kier molecular flexibility index (Phi) is 6.56. The third kappa shape index (κ3) is 5.44. The van der Waals surface area contributed by atoms with Gasteiger partial charge in [-0.3, -0.25) is 0 Å². The Balaban J connectivity index is 1.37. The maximum absolute atomic E-state index is 11.0. The standard InChI is InChI=1S/C25H24ClNO4/c26-20-3-1-2-18(12-20)24(28)15-27-21-8-4-16-5-11-23(14-19(16)13-21)31-22-9-6-17(7-10-22)25(29)30/h1-3,5-7,9-12,14,21,24,27-28H,4,8,13,15H2,(H,29,30)/t21-,24-/m0/s1. The van der Waals surface area contributed by atoms with Gasteiger partial charge in [-0.2, -0.15) is 0 Å². The summed E-state index contributed by atoms with van der Waals surface area (Å²) in [4.78, 5) is 11.0. The van der Waals surface area contributed by atoms with E-state index in [9.17, 15) is 9.90 Å². The Labute approximate surface area is 186 Å². The molecule has 0 saturated heterocycles. The van der Waals surface area contributed by atoms with E-state index in [4.69, 9.17) is 21.4 Å². The zero-order valence-electron chi connectivity index (χ0n) is 16.9. The van der Waals surface area contributed by atoms with Crippen LogP contribution < -0.4 is 10.1 Å². The van der Waals surface area contributed by atoms with Gasteiger partial charge in [0.15, 0.2) is 0 Å². The summed E-state index contributed by atoms with van der Waals surface area (Å²) in [5.41, 5.74) is 3.56. The van der Waals surface area contributed by atoms with Gasteiger partial charge in [-0.1, -0.05) is 29.8 Å². The third-order valence-electron chi connectivity index (χ3n) is 5.58. The largest absolute Gasteiger partial charge is 0.478 e. The minimum atomic E-state index is -0.959.